The fourth-order valence-corrected chi connectivity index (χ4v) is 1.14. The first-order valence-electron chi connectivity index (χ1n) is 4.81. The second-order valence-corrected chi connectivity index (χ2v) is 4.72. The van der Waals surface area contributed by atoms with Crippen LogP contribution in [0.5, 0.6) is 0 Å². The molecular weight excluding hydrogens is 168 g/mol. The maximum atomic E-state index is 9.10. The van der Waals surface area contributed by atoms with Crippen LogP contribution >= 0.6 is 0 Å². The fourth-order valence-electron chi connectivity index (χ4n) is 1.14. The van der Waals surface area contributed by atoms with Crippen molar-refractivity contribution in [2.24, 2.45) is 11.3 Å². The van der Waals surface area contributed by atoms with E-state index in [0.717, 1.165) is 0 Å². The normalized spacial score (nSPS) is 41.1. The summed E-state index contributed by atoms with van der Waals surface area (Å²) in [6.07, 6.45) is 0. The molecule has 0 unspecified atom stereocenters. The Morgan fingerprint density at radius 3 is 2.00 bits per heavy atom. The molecule has 3 nitrogen and oxygen atoms in total. The van der Waals surface area contributed by atoms with E-state index in [1.807, 2.05) is 13.8 Å². The van der Waals surface area contributed by atoms with E-state index in [1.165, 1.54) is 0 Å². The van der Waals surface area contributed by atoms with Gasteiger partial charge >= 0.3 is 0 Å². The van der Waals surface area contributed by atoms with Gasteiger partial charge in [0, 0.05) is 11.3 Å². The number of hydrogen-bond donors (Lipinski definition) is 1. The molecule has 0 aromatic heterocycles. The van der Waals surface area contributed by atoms with Crippen molar-refractivity contribution in [3.8, 4) is 0 Å². The summed E-state index contributed by atoms with van der Waals surface area (Å²) in [4.78, 5) is 0. The van der Waals surface area contributed by atoms with E-state index in [2.05, 4.69) is 13.8 Å². The van der Waals surface area contributed by atoms with Crippen molar-refractivity contribution < 1.29 is 14.6 Å². The maximum Gasteiger partial charge on any atom is 0.167 e. The zero-order chi connectivity index (χ0) is 10.1. The lowest BCUT2D eigenvalue weighted by Crippen LogP contribution is -2.50. The van der Waals surface area contributed by atoms with Crippen LogP contribution in [0.15, 0.2) is 0 Å². The first kappa shape index (κ1) is 11.0. The van der Waals surface area contributed by atoms with Gasteiger partial charge in [-0.25, -0.2) is 0 Å². The number of ether oxygens (including phenoxy) is 2. The molecule has 1 saturated heterocycles. The van der Waals surface area contributed by atoms with Gasteiger partial charge in [-0.05, 0) is 6.92 Å². The van der Waals surface area contributed by atoms with E-state index in [-0.39, 0.29) is 12.0 Å². The lowest BCUT2D eigenvalue weighted by molar-refractivity contribution is -0.314. The zero-order valence-electron chi connectivity index (χ0n) is 8.96. The van der Waals surface area contributed by atoms with Crippen LogP contribution in [0.25, 0.3) is 0 Å². The molecule has 0 saturated carbocycles. The Hall–Kier alpha value is -0.120. The van der Waals surface area contributed by atoms with Crippen molar-refractivity contribution >= 4 is 0 Å². The van der Waals surface area contributed by atoms with Crippen molar-refractivity contribution in [3.05, 3.63) is 0 Å². The summed E-state index contributed by atoms with van der Waals surface area (Å²) in [6, 6.07) is 0. The van der Waals surface area contributed by atoms with Crippen molar-refractivity contribution in [2.45, 2.75) is 33.5 Å². The van der Waals surface area contributed by atoms with E-state index in [9.17, 15) is 0 Å². The fraction of sp³-hybridized carbons (Fsp3) is 1.00. The second kappa shape index (κ2) is 3.56. The van der Waals surface area contributed by atoms with E-state index in [0.29, 0.717) is 19.1 Å². The van der Waals surface area contributed by atoms with E-state index < -0.39 is 5.79 Å². The van der Waals surface area contributed by atoms with E-state index >= 15 is 0 Å². The van der Waals surface area contributed by atoms with Crippen LogP contribution in [0.4, 0.5) is 0 Å². The molecule has 0 aromatic rings. The molecule has 0 aliphatic carbocycles. The average Bonchev–Trinajstić information content (AvgIpc) is 2.11. The Labute approximate surface area is 80.0 Å². The number of rotatable bonds is 2. The van der Waals surface area contributed by atoms with Crippen LogP contribution in [0, 0.1) is 11.3 Å². The molecule has 78 valence electrons. The third-order valence-corrected chi connectivity index (χ3v) is 2.84. The summed E-state index contributed by atoms with van der Waals surface area (Å²) in [7, 11) is 0. The second-order valence-electron chi connectivity index (χ2n) is 4.72. The van der Waals surface area contributed by atoms with E-state index in [1.54, 1.807) is 0 Å². The summed E-state index contributed by atoms with van der Waals surface area (Å²) < 4.78 is 11.3. The van der Waals surface area contributed by atoms with Crippen molar-refractivity contribution in [1.82, 2.24) is 0 Å². The summed E-state index contributed by atoms with van der Waals surface area (Å²) in [6.45, 7) is 9.31. The van der Waals surface area contributed by atoms with Crippen LogP contribution in [-0.4, -0.2) is 30.7 Å². The average molecular weight is 188 g/mol. The standard InChI is InChI=1S/C10H20O3/c1-8(2)10(4)12-6-9(3,5-11)7-13-10/h8,11H,5-7H2,1-4H3. The highest BCUT2D eigenvalue weighted by molar-refractivity contribution is 4.81. The molecule has 0 spiro atoms. The third-order valence-electron chi connectivity index (χ3n) is 2.84. The molecule has 0 atom stereocenters. The van der Waals surface area contributed by atoms with Gasteiger partial charge in [-0.3, -0.25) is 0 Å². The summed E-state index contributed by atoms with van der Waals surface area (Å²) >= 11 is 0. The first-order valence-corrected chi connectivity index (χ1v) is 4.81. The highest BCUT2D eigenvalue weighted by Gasteiger charge is 2.40. The van der Waals surface area contributed by atoms with Crippen LogP contribution in [-0.2, 0) is 9.47 Å². The quantitative estimate of drug-likeness (QED) is 0.712. The molecule has 0 amide bonds. The van der Waals surface area contributed by atoms with Crippen LogP contribution in [0.3, 0.4) is 0 Å². The molecule has 1 aliphatic heterocycles. The van der Waals surface area contributed by atoms with Gasteiger partial charge in [0.2, 0.25) is 0 Å². The highest BCUT2D eigenvalue weighted by Crippen LogP contribution is 2.33. The Bertz CT molecular complexity index is 169. The van der Waals surface area contributed by atoms with Gasteiger partial charge in [0.15, 0.2) is 5.79 Å². The van der Waals surface area contributed by atoms with Crippen LogP contribution in [0.1, 0.15) is 27.7 Å². The molecule has 0 aromatic carbocycles. The molecule has 13 heavy (non-hydrogen) atoms. The molecule has 1 rings (SSSR count). The molecule has 1 N–H and O–H groups in total. The Kier molecular flexibility index (Phi) is 3.00. The Balaban J connectivity index is 2.56. The van der Waals surface area contributed by atoms with Crippen molar-refractivity contribution in [3.63, 3.8) is 0 Å². The van der Waals surface area contributed by atoms with Gasteiger partial charge in [-0.2, -0.15) is 0 Å². The molecule has 1 fully saturated rings. The topological polar surface area (TPSA) is 38.7 Å². The van der Waals surface area contributed by atoms with Crippen LogP contribution < -0.4 is 0 Å². The monoisotopic (exact) mass is 188 g/mol. The van der Waals surface area contributed by atoms with Crippen LogP contribution in [0.2, 0.25) is 0 Å². The summed E-state index contributed by atoms with van der Waals surface area (Å²) in [5.74, 6) is -0.148. The van der Waals surface area contributed by atoms with Gasteiger partial charge in [-0.15, -0.1) is 0 Å². The Morgan fingerprint density at radius 2 is 1.69 bits per heavy atom. The summed E-state index contributed by atoms with van der Waals surface area (Å²) in [5, 5.41) is 9.10. The molecule has 1 heterocycles. The third kappa shape index (κ3) is 2.22. The largest absolute Gasteiger partial charge is 0.396 e. The molecule has 3 heteroatoms. The predicted octanol–water partition coefficient (Wildman–Crippen LogP) is 1.40. The number of aliphatic hydroxyl groups is 1. The maximum absolute atomic E-state index is 9.10. The van der Waals surface area contributed by atoms with Crippen molar-refractivity contribution in [2.75, 3.05) is 19.8 Å². The smallest absolute Gasteiger partial charge is 0.167 e. The van der Waals surface area contributed by atoms with Crippen molar-refractivity contribution in [1.29, 1.82) is 0 Å². The SMILES string of the molecule is CC(C)C1(C)OCC(C)(CO)CO1. The van der Waals surface area contributed by atoms with Gasteiger partial charge < -0.3 is 14.6 Å². The minimum atomic E-state index is -0.477. The lowest BCUT2D eigenvalue weighted by Gasteiger charge is -2.44. The minimum absolute atomic E-state index is 0.112. The number of hydrogen-bond acceptors (Lipinski definition) is 3. The van der Waals surface area contributed by atoms with Gasteiger partial charge in [0.1, 0.15) is 0 Å². The first-order chi connectivity index (χ1) is 5.92. The Morgan fingerprint density at radius 1 is 1.23 bits per heavy atom. The molecule has 1 aliphatic rings. The minimum Gasteiger partial charge on any atom is -0.396 e. The molecular formula is C10H20O3. The molecule has 0 bridgehead atoms. The number of aliphatic hydroxyl groups excluding tert-OH is 1. The predicted molar refractivity (Wildman–Crippen MR) is 50.3 cm³/mol. The highest BCUT2D eigenvalue weighted by atomic mass is 16.7. The lowest BCUT2D eigenvalue weighted by atomic mass is 9.91. The van der Waals surface area contributed by atoms with E-state index in [4.69, 9.17) is 14.6 Å². The summed E-state index contributed by atoms with van der Waals surface area (Å²) in [5.41, 5.74) is -0.228. The van der Waals surface area contributed by atoms with Gasteiger partial charge in [0.25, 0.3) is 0 Å². The van der Waals surface area contributed by atoms with Gasteiger partial charge in [-0.1, -0.05) is 20.8 Å². The molecule has 0 radical (unpaired) electrons. The zero-order valence-corrected chi connectivity index (χ0v) is 8.96. The van der Waals surface area contributed by atoms with Gasteiger partial charge in [0.05, 0.1) is 19.8 Å².